The molecule has 0 aliphatic heterocycles. The number of hydrogen-bond donors (Lipinski definition) is 2. The molecule has 0 heterocycles. The monoisotopic (exact) mass is 404 g/mol. The van der Waals surface area contributed by atoms with Gasteiger partial charge in [0.25, 0.3) is 0 Å². The predicted molar refractivity (Wildman–Crippen MR) is 109 cm³/mol. The Morgan fingerprint density at radius 3 is 1.52 bits per heavy atom. The van der Waals surface area contributed by atoms with E-state index < -0.39 is 0 Å². The van der Waals surface area contributed by atoms with E-state index >= 15 is 0 Å². The zero-order valence-electron chi connectivity index (χ0n) is 16.0. The molecule has 0 aromatic heterocycles. The van der Waals surface area contributed by atoms with Crippen LogP contribution in [-0.2, 0) is 9.59 Å². The minimum atomic E-state index is -0.347. The number of ether oxygens (including phenoxy) is 2. The van der Waals surface area contributed by atoms with Gasteiger partial charge in [-0.1, -0.05) is 24.3 Å². The summed E-state index contributed by atoms with van der Waals surface area (Å²) in [6.45, 7) is 0. The van der Waals surface area contributed by atoms with Gasteiger partial charge in [0.15, 0.2) is 34.6 Å². The van der Waals surface area contributed by atoms with E-state index in [1.165, 1.54) is 38.5 Å². The number of aromatic hydroxyl groups is 2. The molecular weight excluding hydrogens is 380 g/mol. The molecule has 2 aromatic rings. The van der Waals surface area contributed by atoms with Crippen LogP contribution < -0.4 is 9.47 Å². The zero-order chi connectivity index (χ0) is 19.8. The molecule has 156 valence electrons. The first kappa shape index (κ1) is 25.4. The van der Waals surface area contributed by atoms with Gasteiger partial charge in [0.05, 0.1) is 20.6 Å². The third kappa shape index (κ3) is 7.49. The molecule has 0 fully saturated rings. The van der Waals surface area contributed by atoms with E-state index in [-0.39, 0.29) is 40.4 Å². The first-order valence-corrected chi connectivity index (χ1v) is 8.08. The van der Waals surface area contributed by atoms with Gasteiger partial charge in [-0.05, 0) is 47.5 Å². The molecule has 0 unspecified atom stereocenters. The molecule has 0 bridgehead atoms. The number of phenolic OH excluding ortho intramolecular Hbond substituents is 2. The minimum absolute atomic E-state index is 0. The van der Waals surface area contributed by atoms with Gasteiger partial charge in [-0.25, -0.2) is 0 Å². The summed E-state index contributed by atoms with van der Waals surface area (Å²) in [6.07, 6.45) is 5.44. The van der Waals surface area contributed by atoms with E-state index in [1.54, 1.807) is 36.4 Å². The molecule has 0 spiro atoms. The van der Waals surface area contributed by atoms with Crippen LogP contribution in [0.5, 0.6) is 23.0 Å². The van der Waals surface area contributed by atoms with Crippen LogP contribution in [0.3, 0.4) is 0 Å². The quantitative estimate of drug-likeness (QED) is 0.504. The summed E-state index contributed by atoms with van der Waals surface area (Å²) < 4.78 is 10.00. The maximum atomic E-state index is 11.9. The van der Waals surface area contributed by atoms with Gasteiger partial charge in [0.1, 0.15) is 0 Å². The number of phenols is 2. The number of rotatable bonds is 8. The van der Waals surface area contributed by atoms with Crippen LogP contribution in [0.25, 0.3) is 12.2 Å². The minimum Gasteiger partial charge on any atom is -0.504 e. The largest absolute Gasteiger partial charge is 0.504 e. The van der Waals surface area contributed by atoms with Crippen LogP contribution >= 0.6 is 0 Å². The molecule has 6 N–H and O–H groups in total. The SMILES string of the molecule is COc1cc(/C=C/C(=O)CC(=O)/C=C/c2ccc(O)c(OC)c2)ccc1O.O.O. The fourth-order valence-corrected chi connectivity index (χ4v) is 2.26. The van der Waals surface area contributed by atoms with Crippen molar-refractivity contribution in [2.24, 2.45) is 0 Å². The van der Waals surface area contributed by atoms with Crippen molar-refractivity contribution in [3.63, 3.8) is 0 Å². The van der Waals surface area contributed by atoms with Gasteiger partial charge in [-0.3, -0.25) is 9.59 Å². The molecule has 0 radical (unpaired) electrons. The maximum absolute atomic E-state index is 11.9. The summed E-state index contributed by atoms with van der Waals surface area (Å²) in [4.78, 5) is 23.9. The summed E-state index contributed by atoms with van der Waals surface area (Å²) in [7, 11) is 2.87. The van der Waals surface area contributed by atoms with E-state index in [9.17, 15) is 19.8 Å². The molecule has 0 aliphatic carbocycles. The van der Waals surface area contributed by atoms with Crippen molar-refractivity contribution < 1.29 is 40.2 Å². The van der Waals surface area contributed by atoms with Crippen molar-refractivity contribution in [3.8, 4) is 23.0 Å². The van der Waals surface area contributed by atoms with E-state index in [0.29, 0.717) is 22.6 Å². The lowest BCUT2D eigenvalue weighted by Crippen LogP contribution is -2.01. The highest BCUT2D eigenvalue weighted by molar-refractivity contribution is 6.10. The van der Waals surface area contributed by atoms with Crippen LogP contribution in [0.15, 0.2) is 48.6 Å². The number of carbonyl (C=O) groups excluding carboxylic acids is 2. The van der Waals surface area contributed by atoms with Crippen molar-refractivity contribution in [1.82, 2.24) is 0 Å². The van der Waals surface area contributed by atoms with Crippen LogP contribution in [0.1, 0.15) is 17.5 Å². The second-order valence-electron chi connectivity index (χ2n) is 5.64. The summed E-state index contributed by atoms with van der Waals surface area (Å²) in [5.74, 6) is -0.0832. The highest BCUT2D eigenvalue weighted by Crippen LogP contribution is 2.27. The van der Waals surface area contributed by atoms with Crippen molar-refractivity contribution >= 4 is 23.7 Å². The third-order valence-corrected chi connectivity index (χ3v) is 3.68. The molecular formula is C21H24O8. The average molecular weight is 404 g/mol. The summed E-state index contributed by atoms with van der Waals surface area (Å²) in [6, 6.07) is 9.34. The Morgan fingerprint density at radius 1 is 0.793 bits per heavy atom. The van der Waals surface area contributed by atoms with Crippen molar-refractivity contribution in [1.29, 1.82) is 0 Å². The van der Waals surface area contributed by atoms with E-state index in [1.807, 2.05) is 0 Å². The lowest BCUT2D eigenvalue weighted by Gasteiger charge is -2.03. The number of methoxy groups -OCH3 is 2. The Morgan fingerprint density at radius 2 is 1.17 bits per heavy atom. The number of allylic oxidation sites excluding steroid dienone is 2. The maximum Gasteiger partial charge on any atom is 0.163 e. The Labute approximate surface area is 167 Å². The van der Waals surface area contributed by atoms with Crippen molar-refractivity contribution in [3.05, 3.63) is 59.7 Å². The smallest absolute Gasteiger partial charge is 0.163 e. The molecule has 8 nitrogen and oxygen atoms in total. The third-order valence-electron chi connectivity index (χ3n) is 3.68. The lowest BCUT2D eigenvalue weighted by atomic mass is 10.1. The first-order valence-electron chi connectivity index (χ1n) is 8.08. The number of carbonyl (C=O) groups is 2. The predicted octanol–water partition coefficient (Wildman–Crippen LogP) is 1.72. The highest BCUT2D eigenvalue weighted by atomic mass is 16.5. The van der Waals surface area contributed by atoms with E-state index in [0.717, 1.165) is 0 Å². The Kier molecular flexibility index (Phi) is 10.5. The molecule has 0 saturated heterocycles. The van der Waals surface area contributed by atoms with Crippen molar-refractivity contribution in [2.75, 3.05) is 14.2 Å². The number of hydrogen-bond acceptors (Lipinski definition) is 6. The van der Waals surface area contributed by atoms with Crippen LogP contribution in [0, 0.1) is 0 Å². The van der Waals surface area contributed by atoms with Gasteiger partial charge in [-0.15, -0.1) is 0 Å². The Hall–Kier alpha value is -3.62. The summed E-state index contributed by atoms with van der Waals surface area (Å²) in [5, 5.41) is 19.1. The molecule has 8 heteroatoms. The summed E-state index contributed by atoms with van der Waals surface area (Å²) >= 11 is 0. The van der Waals surface area contributed by atoms with Gasteiger partial charge >= 0.3 is 0 Å². The molecule has 2 aromatic carbocycles. The molecule has 2 rings (SSSR count). The zero-order valence-corrected chi connectivity index (χ0v) is 16.0. The fourth-order valence-electron chi connectivity index (χ4n) is 2.26. The van der Waals surface area contributed by atoms with Crippen LogP contribution in [-0.4, -0.2) is 47.0 Å². The number of benzene rings is 2. The second kappa shape index (κ2) is 12.0. The summed E-state index contributed by atoms with van der Waals surface area (Å²) in [5.41, 5.74) is 1.33. The first-order chi connectivity index (χ1) is 12.9. The fraction of sp³-hybridized carbons (Fsp3) is 0.143. The van der Waals surface area contributed by atoms with E-state index in [4.69, 9.17) is 9.47 Å². The van der Waals surface area contributed by atoms with Crippen LogP contribution in [0.4, 0.5) is 0 Å². The molecule has 0 amide bonds. The standard InChI is InChI=1S/C21H20O6.2H2O/c1-26-20-11-14(5-9-18(20)24)3-7-16(22)13-17(23)8-4-15-6-10-19(25)21(12-15)27-2;;/h3-12,24-25H,13H2,1-2H3;2*1H2/b7-3+,8-4+;;. The Balaban J connectivity index is 0.00000392. The average Bonchev–Trinajstić information content (AvgIpc) is 2.66. The molecule has 29 heavy (non-hydrogen) atoms. The van der Waals surface area contributed by atoms with Gasteiger partial charge in [0, 0.05) is 0 Å². The molecule has 0 saturated carbocycles. The highest BCUT2D eigenvalue weighted by Gasteiger charge is 2.06. The molecule has 0 atom stereocenters. The van der Waals surface area contributed by atoms with Gasteiger partial charge in [-0.2, -0.15) is 0 Å². The second-order valence-corrected chi connectivity index (χ2v) is 5.64. The Bertz CT molecular complexity index is 826. The number of ketones is 2. The van der Waals surface area contributed by atoms with Gasteiger partial charge in [0.2, 0.25) is 0 Å². The lowest BCUT2D eigenvalue weighted by molar-refractivity contribution is -0.121. The van der Waals surface area contributed by atoms with E-state index in [2.05, 4.69) is 0 Å². The normalized spacial score (nSPS) is 10.3. The van der Waals surface area contributed by atoms with Gasteiger partial charge < -0.3 is 30.6 Å². The van der Waals surface area contributed by atoms with Crippen molar-refractivity contribution in [2.45, 2.75) is 6.42 Å². The molecule has 0 aliphatic rings. The van der Waals surface area contributed by atoms with Crippen LogP contribution in [0.2, 0.25) is 0 Å². The topological polar surface area (TPSA) is 156 Å².